The van der Waals surface area contributed by atoms with Gasteiger partial charge in [0.2, 0.25) is 5.13 Å². The highest BCUT2D eigenvalue weighted by atomic mass is 32.2. The number of benzene rings is 2. The van der Waals surface area contributed by atoms with Gasteiger partial charge in [0, 0.05) is 41.9 Å². The fourth-order valence-corrected chi connectivity index (χ4v) is 6.95. The molecule has 1 aliphatic heterocycles. The molecular weight excluding hydrogens is 557 g/mol. The summed E-state index contributed by atoms with van der Waals surface area (Å²) in [7, 11) is -3.85. The zero-order valence-electron chi connectivity index (χ0n) is 21.1. The smallest absolute Gasteiger partial charge is 0.325 e. The van der Waals surface area contributed by atoms with E-state index in [9.17, 15) is 17.6 Å². The van der Waals surface area contributed by atoms with Crippen LogP contribution in [-0.4, -0.2) is 60.1 Å². The molecule has 2 aromatic carbocycles. The number of nitrogens with one attached hydrogen (secondary N) is 2. The number of ether oxygens (including phenoxy) is 1. The molecule has 1 saturated carbocycles. The van der Waals surface area contributed by atoms with Crippen LogP contribution in [0.25, 0.3) is 11.4 Å². The van der Waals surface area contributed by atoms with Crippen LogP contribution in [0.5, 0.6) is 0 Å². The van der Waals surface area contributed by atoms with Crippen LogP contribution in [0.15, 0.2) is 65.8 Å². The summed E-state index contributed by atoms with van der Waals surface area (Å²) < 4.78 is 49.2. The lowest BCUT2D eigenvalue weighted by molar-refractivity contribution is 0.122. The van der Waals surface area contributed by atoms with Gasteiger partial charge >= 0.3 is 6.03 Å². The zero-order valence-corrected chi connectivity index (χ0v) is 22.7. The number of hydrogen-bond acceptors (Lipinski definition) is 10. The number of morpholine rings is 1. The predicted molar refractivity (Wildman–Crippen MR) is 148 cm³/mol. The standard InChI is InChI=1S/C26H24FN7O4S2/c27-18-3-7-20(8-4-18)40(36,37)26(9-10-26)21-15-22(34-11-13-38-14-12-34)32-23(31-21)17-1-5-19(6-2-17)30-24(35)33-25-28-16-29-39-25/h1-8,15-16H,9-14H2,(H2,28,29,30,33,35). The Balaban J connectivity index is 1.33. The summed E-state index contributed by atoms with van der Waals surface area (Å²) in [5.41, 5.74) is 1.59. The first-order chi connectivity index (χ1) is 19.3. The summed E-state index contributed by atoms with van der Waals surface area (Å²) >= 11 is 1.06. The zero-order chi connectivity index (χ0) is 27.7. The van der Waals surface area contributed by atoms with Gasteiger partial charge in [0.05, 0.1) is 23.8 Å². The van der Waals surface area contributed by atoms with Crippen molar-refractivity contribution in [2.45, 2.75) is 22.5 Å². The van der Waals surface area contributed by atoms with E-state index in [2.05, 4.69) is 20.0 Å². The molecule has 14 heteroatoms. The molecule has 0 unspecified atom stereocenters. The van der Waals surface area contributed by atoms with Crippen molar-refractivity contribution in [1.29, 1.82) is 0 Å². The molecule has 1 saturated heterocycles. The molecule has 11 nitrogen and oxygen atoms in total. The first kappa shape index (κ1) is 26.2. The molecule has 0 atom stereocenters. The molecule has 2 N–H and O–H groups in total. The molecule has 0 radical (unpaired) electrons. The topological polar surface area (TPSA) is 139 Å². The molecular formula is C26H24FN7O4S2. The van der Waals surface area contributed by atoms with Crippen molar-refractivity contribution in [1.82, 2.24) is 19.3 Å². The molecule has 2 aliphatic rings. The number of aromatic nitrogens is 4. The number of carbonyl (C=O) groups excluding carboxylic acids is 1. The van der Waals surface area contributed by atoms with E-state index in [1.165, 1.54) is 18.5 Å². The van der Waals surface area contributed by atoms with Crippen LogP contribution in [0, 0.1) is 5.82 Å². The van der Waals surface area contributed by atoms with Gasteiger partial charge in [-0.2, -0.15) is 4.37 Å². The van der Waals surface area contributed by atoms with Crippen molar-refractivity contribution in [2.24, 2.45) is 0 Å². The Morgan fingerprint density at radius 3 is 2.38 bits per heavy atom. The third-order valence-corrected chi connectivity index (χ3v) is 9.96. The van der Waals surface area contributed by atoms with Gasteiger partial charge < -0.3 is 15.0 Å². The lowest BCUT2D eigenvalue weighted by Gasteiger charge is -2.29. The van der Waals surface area contributed by atoms with Crippen LogP contribution >= 0.6 is 11.5 Å². The molecule has 206 valence electrons. The van der Waals surface area contributed by atoms with E-state index in [1.54, 1.807) is 30.3 Å². The third-order valence-electron chi connectivity index (χ3n) is 6.84. The number of hydrogen-bond donors (Lipinski definition) is 2. The van der Waals surface area contributed by atoms with Crippen LogP contribution in [-0.2, 0) is 19.3 Å². The maximum absolute atomic E-state index is 13.8. The van der Waals surface area contributed by atoms with Gasteiger partial charge in [-0.25, -0.2) is 32.6 Å². The van der Waals surface area contributed by atoms with Gasteiger partial charge in [-0.15, -0.1) is 0 Å². The summed E-state index contributed by atoms with van der Waals surface area (Å²) in [6, 6.07) is 13.1. The molecule has 6 rings (SSSR count). The Morgan fingerprint density at radius 2 is 1.73 bits per heavy atom. The molecule has 40 heavy (non-hydrogen) atoms. The lowest BCUT2D eigenvalue weighted by atomic mass is 10.1. The first-order valence-corrected chi connectivity index (χ1v) is 14.8. The van der Waals surface area contributed by atoms with Crippen molar-refractivity contribution < 1.29 is 22.3 Å². The number of nitrogens with zero attached hydrogens (tertiary/aromatic N) is 5. The molecule has 1 aliphatic carbocycles. The first-order valence-electron chi connectivity index (χ1n) is 12.5. The minimum absolute atomic E-state index is 0.0571. The second-order valence-electron chi connectivity index (χ2n) is 9.39. The highest BCUT2D eigenvalue weighted by Gasteiger charge is 2.58. The monoisotopic (exact) mass is 581 g/mol. The lowest BCUT2D eigenvalue weighted by Crippen LogP contribution is -2.37. The van der Waals surface area contributed by atoms with Crippen LogP contribution in [0.4, 0.5) is 25.8 Å². The minimum atomic E-state index is -3.85. The van der Waals surface area contributed by atoms with Crippen LogP contribution < -0.4 is 15.5 Å². The van der Waals surface area contributed by atoms with Gasteiger partial charge in [-0.3, -0.25) is 5.32 Å². The fourth-order valence-electron chi connectivity index (χ4n) is 4.56. The summed E-state index contributed by atoms with van der Waals surface area (Å²) in [6.45, 7) is 2.29. The van der Waals surface area contributed by atoms with Crippen molar-refractivity contribution in [3.8, 4) is 11.4 Å². The van der Waals surface area contributed by atoms with Crippen molar-refractivity contribution in [3.63, 3.8) is 0 Å². The van der Waals surface area contributed by atoms with E-state index in [4.69, 9.17) is 14.7 Å². The molecule has 2 aromatic heterocycles. The normalized spacial score (nSPS) is 16.4. The van der Waals surface area contributed by atoms with Gasteiger partial charge in [-0.1, -0.05) is 0 Å². The van der Waals surface area contributed by atoms with Gasteiger partial charge in [-0.05, 0) is 61.4 Å². The van der Waals surface area contributed by atoms with Crippen molar-refractivity contribution >= 4 is 44.0 Å². The molecule has 3 heterocycles. The molecule has 0 bridgehead atoms. The number of carbonyl (C=O) groups is 1. The number of halogens is 1. The van der Waals surface area contributed by atoms with Gasteiger partial charge in [0.15, 0.2) is 15.7 Å². The number of urea groups is 1. The largest absolute Gasteiger partial charge is 0.378 e. The molecule has 4 aromatic rings. The molecule has 2 fully saturated rings. The summed E-state index contributed by atoms with van der Waals surface area (Å²) in [6.07, 6.45) is 2.15. The Morgan fingerprint density at radius 1 is 1.00 bits per heavy atom. The third kappa shape index (κ3) is 5.12. The highest BCUT2D eigenvalue weighted by molar-refractivity contribution is 7.92. The van der Waals surface area contributed by atoms with Gasteiger partial charge in [0.25, 0.3) is 0 Å². The van der Waals surface area contributed by atoms with E-state index in [1.807, 2.05) is 4.90 Å². The number of sulfone groups is 1. The number of amides is 2. The summed E-state index contributed by atoms with van der Waals surface area (Å²) in [5, 5.41) is 5.70. The molecule has 2 amide bonds. The molecule has 0 spiro atoms. The Hall–Kier alpha value is -4.01. The Labute approximate surface area is 233 Å². The average molecular weight is 582 g/mol. The quantitative estimate of drug-likeness (QED) is 0.309. The highest BCUT2D eigenvalue weighted by Crippen LogP contribution is 2.55. The van der Waals surface area contributed by atoms with E-state index in [0.717, 1.165) is 23.7 Å². The van der Waals surface area contributed by atoms with E-state index in [-0.39, 0.29) is 4.90 Å². The van der Waals surface area contributed by atoms with E-state index in [0.29, 0.717) is 72.9 Å². The van der Waals surface area contributed by atoms with Crippen LogP contribution in [0.2, 0.25) is 0 Å². The second kappa shape index (κ2) is 10.5. The maximum Gasteiger partial charge on any atom is 0.325 e. The predicted octanol–water partition coefficient (Wildman–Crippen LogP) is 4.08. The van der Waals surface area contributed by atoms with Crippen LogP contribution in [0.3, 0.4) is 0 Å². The fraction of sp³-hybridized carbons (Fsp3) is 0.269. The minimum Gasteiger partial charge on any atom is -0.378 e. The maximum atomic E-state index is 13.8. The van der Waals surface area contributed by atoms with E-state index < -0.39 is 26.4 Å². The van der Waals surface area contributed by atoms with Gasteiger partial charge in [0.1, 0.15) is 22.7 Å². The van der Waals surface area contributed by atoms with Crippen LogP contribution in [0.1, 0.15) is 18.5 Å². The van der Waals surface area contributed by atoms with Crippen molar-refractivity contribution in [2.75, 3.05) is 41.8 Å². The number of anilines is 3. The Bertz CT molecular complexity index is 1620. The summed E-state index contributed by atoms with van der Waals surface area (Å²) in [5.74, 6) is 0.477. The average Bonchev–Trinajstić information content (AvgIpc) is 3.65. The summed E-state index contributed by atoms with van der Waals surface area (Å²) in [4.78, 5) is 27.8. The number of rotatable bonds is 7. The second-order valence-corrected chi connectivity index (χ2v) is 12.4. The SMILES string of the molecule is O=C(Nc1ccc(-c2nc(N3CCOCC3)cc(C3(S(=O)(=O)c4ccc(F)cc4)CC3)n2)cc1)Nc1ncns1. The van der Waals surface area contributed by atoms with Crippen molar-refractivity contribution in [3.05, 3.63) is 72.4 Å². The van der Waals surface area contributed by atoms with E-state index >= 15 is 0 Å². The Kier molecular flexibility index (Phi) is 6.90.